The van der Waals surface area contributed by atoms with Crippen LogP contribution in [0.15, 0.2) is 36.5 Å². The minimum atomic E-state index is 0.647. The van der Waals surface area contributed by atoms with Gasteiger partial charge < -0.3 is 9.64 Å². The molecular formula is C20H24N4O. The zero-order valence-corrected chi connectivity index (χ0v) is 14.9. The summed E-state index contributed by atoms with van der Waals surface area (Å²) in [5, 5.41) is 9.22. The highest BCUT2D eigenvalue weighted by molar-refractivity contribution is 5.53. The molecule has 2 aromatic rings. The lowest BCUT2D eigenvalue weighted by molar-refractivity contribution is 0.199. The van der Waals surface area contributed by atoms with E-state index in [1.165, 1.54) is 11.1 Å². The first-order valence-corrected chi connectivity index (χ1v) is 8.70. The van der Waals surface area contributed by atoms with Gasteiger partial charge in [0, 0.05) is 38.9 Å². The third-order valence-electron chi connectivity index (χ3n) is 4.59. The molecule has 1 aliphatic rings. The molecule has 5 heteroatoms. The van der Waals surface area contributed by atoms with E-state index in [2.05, 4.69) is 52.9 Å². The Labute approximate surface area is 149 Å². The van der Waals surface area contributed by atoms with Gasteiger partial charge in [-0.05, 0) is 43.2 Å². The SMILES string of the molecule is Cc1ccc(C)c(OCCN2CCN(c3ncccc3C#N)CC2)c1. The predicted molar refractivity (Wildman–Crippen MR) is 99.0 cm³/mol. The summed E-state index contributed by atoms with van der Waals surface area (Å²) < 4.78 is 5.96. The summed E-state index contributed by atoms with van der Waals surface area (Å²) in [4.78, 5) is 8.97. The minimum absolute atomic E-state index is 0.647. The number of nitriles is 1. The highest BCUT2D eigenvalue weighted by atomic mass is 16.5. The predicted octanol–water partition coefficient (Wildman–Crippen LogP) is 2.77. The Balaban J connectivity index is 1.48. The smallest absolute Gasteiger partial charge is 0.146 e. The number of ether oxygens (including phenoxy) is 1. The number of aromatic nitrogens is 1. The van der Waals surface area contributed by atoms with Crippen molar-refractivity contribution < 1.29 is 4.74 Å². The molecule has 3 rings (SSSR count). The molecule has 0 saturated carbocycles. The third-order valence-corrected chi connectivity index (χ3v) is 4.59. The second kappa shape index (κ2) is 8.00. The largest absolute Gasteiger partial charge is 0.492 e. The van der Waals surface area contributed by atoms with Crippen molar-refractivity contribution in [3.8, 4) is 11.8 Å². The lowest BCUT2D eigenvalue weighted by Gasteiger charge is -2.35. The zero-order valence-electron chi connectivity index (χ0n) is 14.9. The first kappa shape index (κ1) is 17.2. The Bertz CT molecular complexity index is 761. The van der Waals surface area contributed by atoms with Gasteiger partial charge in [-0.2, -0.15) is 5.26 Å². The van der Waals surface area contributed by atoms with E-state index in [1.807, 2.05) is 12.1 Å². The highest BCUT2D eigenvalue weighted by Crippen LogP contribution is 2.20. The number of rotatable bonds is 5. The van der Waals surface area contributed by atoms with Crippen LogP contribution >= 0.6 is 0 Å². The highest BCUT2D eigenvalue weighted by Gasteiger charge is 2.19. The summed E-state index contributed by atoms with van der Waals surface area (Å²) in [5.41, 5.74) is 3.04. The summed E-state index contributed by atoms with van der Waals surface area (Å²) >= 11 is 0. The maximum Gasteiger partial charge on any atom is 0.146 e. The maximum atomic E-state index is 9.22. The topological polar surface area (TPSA) is 52.4 Å². The fraction of sp³-hybridized carbons (Fsp3) is 0.400. The summed E-state index contributed by atoms with van der Waals surface area (Å²) in [6.45, 7) is 9.44. The molecule has 0 N–H and O–H groups in total. The normalized spacial score (nSPS) is 15.0. The summed E-state index contributed by atoms with van der Waals surface area (Å²) in [5.74, 6) is 1.78. The molecule has 1 fully saturated rings. The number of nitrogens with zero attached hydrogens (tertiary/aromatic N) is 4. The molecule has 25 heavy (non-hydrogen) atoms. The number of hydrogen-bond donors (Lipinski definition) is 0. The Hall–Kier alpha value is -2.58. The number of piperazine rings is 1. The molecule has 1 aromatic carbocycles. The molecule has 0 atom stereocenters. The Morgan fingerprint density at radius 1 is 1.16 bits per heavy atom. The number of anilines is 1. The third kappa shape index (κ3) is 4.28. The molecule has 0 bridgehead atoms. The van der Waals surface area contributed by atoms with Crippen LogP contribution in [-0.2, 0) is 0 Å². The molecule has 0 spiro atoms. The number of benzene rings is 1. The Morgan fingerprint density at radius 2 is 1.96 bits per heavy atom. The second-order valence-electron chi connectivity index (χ2n) is 6.43. The van der Waals surface area contributed by atoms with Crippen LogP contribution in [0.3, 0.4) is 0 Å². The van der Waals surface area contributed by atoms with Crippen LogP contribution in [-0.4, -0.2) is 49.2 Å². The van der Waals surface area contributed by atoms with Crippen LogP contribution in [0, 0.1) is 25.2 Å². The van der Waals surface area contributed by atoms with E-state index in [-0.39, 0.29) is 0 Å². The van der Waals surface area contributed by atoms with E-state index >= 15 is 0 Å². The van der Waals surface area contributed by atoms with Gasteiger partial charge in [-0.1, -0.05) is 12.1 Å². The van der Waals surface area contributed by atoms with Crippen LogP contribution in [0.25, 0.3) is 0 Å². The average molecular weight is 336 g/mol. The fourth-order valence-corrected chi connectivity index (χ4v) is 3.07. The lowest BCUT2D eigenvalue weighted by Crippen LogP contribution is -2.48. The lowest BCUT2D eigenvalue weighted by atomic mass is 10.1. The van der Waals surface area contributed by atoms with Gasteiger partial charge in [0.05, 0.1) is 5.56 Å². The Morgan fingerprint density at radius 3 is 2.72 bits per heavy atom. The number of pyridine rings is 1. The van der Waals surface area contributed by atoms with Crippen LogP contribution < -0.4 is 9.64 Å². The molecule has 1 aliphatic heterocycles. The van der Waals surface area contributed by atoms with Crippen molar-refractivity contribution in [2.75, 3.05) is 44.2 Å². The first-order valence-electron chi connectivity index (χ1n) is 8.70. The van der Waals surface area contributed by atoms with E-state index in [1.54, 1.807) is 6.20 Å². The van der Waals surface area contributed by atoms with Gasteiger partial charge in [0.25, 0.3) is 0 Å². The van der Waals surface area contributed by atoms with Crippen molar-refractivity contribution >= 4 is 5.82 Å². The van der Waals surface area contributed by atoms with Crippen LogP contribution in [0.5, 0.6) is 5.75 Å². The van der Waals surface area contributed by atoms with Crippen molar-refractivity contribution in [3.05, 3.63) is 53.2 Å². The van der Waals surface area contributed by atoms with E-state index in [4.69, 9.17) is 4.74 Å². The van der Waals surface area contributed by atoms with Crippen LogP contribution in [0.4, 0.5) is 5.82 Å². The Kier molecular flexibility index (Phi) is 5.52. The van der Waals surface area contributed by atoms with Gasteiger partial charge in [0.1, 0.15) is 24.2 Å². The van der Waals surface area contributed by atoms with E-state index in [0.29, 0.717) is 12.2 Å². The van der Waals surface area contributed by atoms with Crippen molar-refractivity contribution in [3.63, 3.8) is 0 Å². The maximum absolute atomic E-state index is 9.22. The van der Waals surface area contributed by atoms with E-state index < -0.39 is 0 Å². The molecule has 1 aromatic heterocycles. The molecule has 2 heterocycles. The molecule has 0 amide bonds. The van der Waals surface area contributed by atoms with Crippen LogP contribution in [0.1, 0.15) is 16.7 Å². The minimum Gasteiger partial charge on any atom is -0.492 e. The average Bonchev–Trinajstić information content (AvgIpc) is 2.65. The van der Waals surface area contributed by atoms with Gasteiger partial charge >= 0.3 is 0 Å². The van der Waals surface area contributed by atoms with Gasteiger partial charge in [-0.3, -0.25) is 4.90 Å². The first-order chi connectivity index (χ1) is 12.2. The molecule has 0 aliphatic carbocycles. The van der Waals surface area contributed by atoms with E-state index in [9.17, 15) is 5.26 Å². The summed E-state index contributed by atoms with van der Waals surface area (Å²) in [7, 11) is 0. The van der Waals surface area contributed by atoms with Gasteiger partial charge in [0.2, 0.25) is 0 Å². The van der Waals surface area contributed by atoms with E-state index in [0.717, 1.165) is 44.3 Å². The standard InChI is InChI=1S/C20H24N4O/c1-16-5-6-17(2)19(14-16)25-13-12-23-8-10-24(11-9-23)20-18(15-21)4-3-7-22-20/h3-7,14H,8-13H2,1-2H3. The zero-order chi connectivity index (χ0) is 17.6. The molecule has 0 radical (unpaired) electrons. The van der Waals surface area contributed by atoms with Crippen molar-refractivity contribution in [1.29, 1.82) is 5.26 Å². The molecule has 130 valence electrons. The van der Waals surface area contributed by atoms with Crippen molar-refractivity contribution in [1.82, 2.24) is 9.88 Å². The number of aryl methyl sites for hydroxylation is 2. The van der Waals surface area contributed by atoms with Crippen LogP contribution in [0.2, 0.25) is 0 Å². The monoisotopic (exact) mass is 336 g/mol. The second-order valence-corrected chi connectivity index (χ2v) is 6.43. The van der Waals surface area contributed by atoms with Gasteiger partial charge in [0.15, 0.2) is 0 Å². The van der Waals surface area contributed by atoms with Crippen molar-refractivity contribution in [2.45, 2.75) is 13.8 Å². The molecule has 5 nitrogen and oxygen atoms in total. The summed E-state index contributed by atoms with van der Waals surface area (Å²) in [6, 6.07) is 12.2. The molecule has 1 saturated heterocycles. The van der Waals surface area contributed by atoms with Gasteiger partial charge in [-0.15, -0.1) is 0 Å². The quantitative estimate of drug-likeness (QED) is 0.840. The fourth-order valence-electron chi connectivity index (χ4n) is 3.07. The molecular weight excluding hydrogens is 312 g/mol. The summed E-state index contributed by atoms with van der Waals surface area (Å²) in [6.07, 6.45) is 1.75. The molecule has 0 unspecified atom stereocenters. The van der Waals surface area contributed by atoms with Crippen molar-refractivity contribution in [2.24, 2.45) is 0 Å². The number of hydrogen-bond acceptors (Lipinski definition) is 5. The van der Waals surface area contributed by atoms with Gasteiger partial charge in [-0.25, -0.2) is 4.98 Å².